The summed E-state index contributed by atoms with van der Waals surface area (Å²) in [5.41, 5.74) is 0.928. The van der Waals surface area contributed by atoms with E-state index in [1.807, 2.05) is 60.7 Å². The van der Waals surface area contributed by atoms with Crippen molar-refractivity contribution in [3.63, 3.8) is 0 Å². The highest BCUT2D eigenvalue weighted by Gasteiger charge is 2.34. The van der Waals surface area contributed by atoms with E-state index in [2.05, 4.69) is 5.32 Å². The molecular formula is C25H22F3NO3. The molecule has 0 unspecified atom stereocenters. The van der Waals surface area contributed by atoms with Crippen molar-refractivity contribution in [1.29, 1.82) is 0 Å². The first-order chi connectivity index (χ1) is 15.3. The molecule has 1 N–H and O–H groups in total. The molecule has 166 valence electrons. The Morgan fingerprint density at radius 3 is 1.94 bits per heavy atom. The van der Waals surface area contributed by atoms with Crippen LogP contribution in [-0.4, -0.2) is 25.0 Å². The van der Waals surface area contributed by atoms with Crippen molar-refractivity contribution < 1.29 is 27.5 Å². The Morgan fingerprint density at radius 1 is 0.875 bits per heavy atom. The van der Waals surface area contributed by atoms with Gasteiger partial charge in [-0.15, -0.1) is 0 Å². The first-order valence-electron chi connectivity index (χ1n) is 9.93. The standard InChI is InChI=1S/C25H22F3NO3/c1-32-24(31)23(22(18-10-4-2-5-11-18)19-12-6-3-7-13-19)29-21(30)16-17-9-8-14-20(15-17)25(26,27)28/h2-15,22-23H,16H2,1H3,(H,29,30)/t23-/m1/s1. The van der Waals surface area contributed by atoms with E-state index in [-0.39, 0.29) is 12.0 Å². The Bertz CT molecular complexity index is 1010. The van der Waals surface area contributed by atoms with Gasteiger partial charge in [0, 0.05) is 5.92 Å². The van der Waals surface area contributed by atoms with Gasteiger partial charge in [-0.05, 0) is 22.8 Å². The van der Waals surface area contributed by atoms with Gasteiger partial charge >= 0.3 is 12.1 Å². The summed E-state index contributed by atoms with van der Waals surface area (Å²) in [6.45, 7) is 0. The van der Waals surface area contributed by atoms with Crippen LogP contribution in [0.1, 0.15) is 28.2 Å². The predicted molar refractivity (Wildman–Crippen MR) is 114 cm³/mol. The average Bonchev–Trinajstić information content (AvgIpc) is 2.79. The van der Waals surface area contributed by atoms with Crippen molar-refractivity contribution in [3.8, 4) is 0 Å². The largest absolute Gasteiger partial charge is 0.467 e. The second-order valence-electron chi connectivity index (χ2n) is 7.24. The first-order valence-corrected chi connectivity index (χ1v) is 9.93. The van der Waals surface area contributed by atoms with E-state index < -0.39 is 35.6 Å². The molecule has 3 rings (SSSR count). The molecule has 0 heterocycles. The minimum Gasteiger partial charge on any atom is -0.467 e. The van der Waals surface area contributed by atoms with Gasteiger partial charge in [0.15, 0.2) is 0 Å². The van der Waals surface area contributed by atoms with E-state index in [1.54, 1.807) is 0 Å². The second-order valence-corrected chi connectivity index (χ2v) is 7.24. The number of nitrogens with one attached hydrogen (secondary N) is 1. The van der Waals surface area contributed by atoms with E-state index in [0.717, 1.165) is 23.3 Å². The van der Waals surface area contributed by atoms with Crippen molar-refractivity contribution in [2.45, 2.75) is 24.6 Å². The molecule has 7 heteroatoms. The number of alkyl halides is 3. The molecule has 3 aromatic carbocycles. The van der Waals surface area contributed by atoms with Crippen LogP contribution in [0.5, 0.6) is 0 Å². The summed E-state index contributed by atoms with van der Waals surface area (Å²) in [5.74, 6) is -1.79. The number of ether oxygens (including phenoxy) is 1. The molecule has 0 aliphatic rings. The van der Waals surface area contributed by atoms with E-state index in [4.69, 9.17) is 4.74 Å². The maximum absolute atomic E-state index is 13.0. The average molecular weight is 441 g/mol. The van der Waals surface area contributed by atoms with Gasteiger partial charge in [0.25, 0.3) is 0 Å². The molecule has 0 spiro atoms. The predicted octanol–water partition coefficient (Wildman–Crippen LogP) is 4.74. The number of methoxy groups -OCH3 is 1. The zero-order valence-electron chi connectivity index (χ0n) is 17.3. The van der Waals surface area contributed by atoms with Gasteiger partial charge < -0.3 is 10.1 Å². The second kappa shape index (κ2) is 10.1. The van der Waals surface area contributed by atoms with E-state index in [9.17, 15) is 22.8 Å². The van der Waals surface area contributed by atoms with E-state index >= 15 is 0 Å². The summed E-state index contributed by atoms with van der Waals surface area (Å²) in [6, 6.07) is 21.8. The molecule has 0 radical (unpaired) electrons. The van der Waals surface area contributed by atoms with Gasteiger partial charge in [0.1, 0.15) is 6.04 Å². The zero-order chi connectivity index (χ0) is 23.1. The summed E-state index contributed by atoms with van der Waals surface area (Å²) >= 11 is 0. The zero-order valence-corrected chi connectivity index (χ0v) is 17.3. The molecule has 32 heavy (non-hydrogen) atoms. The maximum Gasteiger partial charge on any atom is 0.416 e. The first kappa shape index (κ1) is 23.1. The summed E-state index contributed by atoms with van der Waals surface area (Å²) in [6.07, 6.45) is -4.82. The van der Waals surface area contributed by atoms with Gasteiger partial charge in [-0.1, -0.05) is 78.9 Å². The van der Waals surface area contributed by atoms with Crippen LogP contribution < -0.4 is 5.32 Å². The Kier molecular flexibility index (Phi) is 7.30. The summed E-state index contributed by atoms with van der Waals surface area (Å²) in [5, 5.41) is 2.68. The molecule has 0 bridgehead atoms. The number of benzene rings is 3. The smallest absolute Gasteiger partial charge is 0.416 e. The third-order valence-corrected chi connectivity index (χ3v) is 5.04. The van der Waals surface area contributed by atoms with Gasteiger partial charge in [0.05, 0.1) is 19.1 Å². The fourth-order valence-corrected chi connectivity index (χ4v) is 3.57. The number of halogens is 3. The Morgan fingerprint density at radius 2 is 1.44 bits per heavy atom. The van der Waals surface area contributed by atoms with Crippen LogP contribution in [0.4, 0.5) is 13.2 Å². The number of carbonyl (C=O) groups is 2. The lowest BCUT2D eigenvalue weighted by atomic mass is 9.84. The lowest BCUT2D eigenvalue weighted by Crippen LogP contribution is -2.46. The van der Waals surface area contributed by atoms with Crippen molar-refractivity contribution in [2.24, 2.45) is 0 Å². The number of carbonyl (C=O) groups excluding carboxylic acids is 2. The molecular weight excluding hydrogens is 419 g/mol. The van der Waals surface area contributed by atoms with Crippen molar-refractivity contribution in [2.75, 3.05) is 7.11 Å². The molecule has 0 aromatic heterocycles. The van der Waals surface area contributed by atoms with Crippen LogP contribution >= 0.6 is 0 Å². The molecule has 1 atom stereocenters. The molecule has 3 aromatic rings. The van der Waals surface area contributed by atoms with Crippen LogP contribution in [0.25, 0.3) is 0 Å². The normalized spacial score (nSPS) is 12.3. The van der Waals surface area contributed by atoms with Gasteiger partial charge in [-0.2, -0.15) is 13.2 Å². The van der Waals surface area contributed by atoms with Gasteiger partial charge in [-0.25, -0.2) is 4.79 Å². The number of amides is 1. The highest BCUT2D eigenvalue weighted by Crippen LogP contribution is 2.30. The maximum atomic E-state index is 13.0. The number of esters is 1. The summed E-state index contributed by atoms with van der Waals surface area (Å²) in [4.78, 5) is 25.5. The van der Waals surface area contributed by atoms with Crippen LogP contribution in [0.15, 0.2) is 84.9 Å². The van der Waals surface area contributed by atoms with Crippen molar-refractivity contribution in [1.82, 2.24) is 5.32 Å². The Hall–Kier alpha value is -3.61. The fourth-order valence-electron chi connectivity index (χ4n) is 3.57. The van der Waals surface area contributed by atoms with Crippen molar-refractivity contribution in [3.05, 3.63) is 107 Å². The molecule has 0 aliphatic carbocycles. The van der Waals surface area contributed by atoms with Gasteiger partial charge in [-0.3, -0.25) is 4.79 Å². The topological polar surface area (TPSA) is 55.4 Å². The third-order valence-electron chi connectivity index (χ3n) is 5.04. The SMILES string of the molecule is COC(=O)[C@H](NC(=O)Cc1cccc(C(F)(F)F)c1)C(c1ccccc1)c1ccccc1. The lowest BCUT2D eigenvalue weighted by molar-refractivity contribution is -0.145. The number of hydrogen-bond donors (Lipinski definition) is 1. The summed E-state index contributed by atoms with van der Waals surface area (Å²) < 4.78 is 43.9. The fraction of sp³-hybridized carbons (Fsp3) is 0.200. The molecule has 4 nitrogen and oxygen atoms in total. The molecule has 0 saturated heterocycles. The highest BCUT2D eigenvalue weighted by molar-refractivity contribution is 5.87. The Balaban J connectivity index is 1.90. The lowest BCUT2D eigenvalue weighted by Gasteiger charge is -2.27. The van der Waals surface area contributed by atoms with Crippen LogP contribution in [0.3, 0.4) is 0 Å². The molecule has 0 saturated carbocycles. The minimum absolute atomic E-state index is 0.192. The van der Waals surface area contributed by atoms with Crippen LogP contribution in [0, 0.1) is 0 Å². The van der Waals surface area contributed by atoms with E-state index in [0.29, 0.717) is 0 Å². The third kappa shape index (κ3) is 5.75. The van der Waals surface area contributed by atoms with E-state index in [1.165, 1.54) is 19.2 Å². The molecule has 1 amide bonds. The van der Waals surface area contributed by atoms with Crippen LogP contribution in [-0.2, 0) is 26.9 Å². The van der Waals surface area contributed by atoms with Gasteiger partial charge in [0.2, 0.25) is 5.91 Å². The van der Waals surface area contributed by atoms with Crippen LogP contribution in [0.2, 0.25) is 0 Å². The quantitative estimate of drug-likeness (QED) is 0.539. The molecule has 0 aliphatic heterocycles. The number of hydrogen-bond acceptors (Lipinski definition) is 3. The number of rotatable bonds is 7. The van der Waals surface area contributed by atoms with Crippen molar-refractivity contribution >= 4 is 11.9 Å². The highest BCUT2D eigenvalue weighted by atomic mass is 19.4. The Labute approximate surface area is 184 Å². The molecule has 0 fully saturated rings. The minimum atomic E-state index is -4.51. The summed E-state index contributed by atoms with van der Waals surface area (Å²) in [7, 11) is 1.22. The monoisotopic (exact) mass is 441 g/mol.